The molecule has 0 aliphatic rings. The summed E-state index contributed by atoms with van der Waals surface area (Å²) in [5.41, 5.74) is 1.85. The van der Waals surface area contributed by atoms with E-state index in [1.165, 1.54) is 11.3 Å². The number of nitrogens with zero attached hydrogens (tertiary/aromatic N) is 2. The highest BCUT2D eigenvalue weighted by atomic mass is 32.1. The maximum atomic E-state index is 12.2. The number of amides is 1. The van der Waals surface area contributed by atoms with Crippen molar-refractivity contribution in [2.75, 3.05) is 18.5 Å². The summed E-state index contributed by atoms with van der Waals surface area (Å²) in [6.45, 7) is 4.77. The van der Waals surface area contributed by atoms with Crippen molar-refractivity contribution in [3.05, 3.63) is 40.9 Å². The van der Waals surface area contributed by atoms with Crippen molar-refractivity contribution in [2.45, 2.75) is 33.1 Å². The minimum absolute atomic E-state index is 0.0150. The van der Waals surface area contributed by atoms with Gasteiger partial charge < -0.3 is 10.2 Å². The van der Waals surface area contributed by atoms with E-state index in [0.29, 0.717) is 4.88 Å². The van der Waals surface area contributed by atoms with Crippen LogP contribution in [0.3, 0.4) is 0 Å². The molecule has 0 fully saturated rings. The third-order valence-electron chi connectivity index (χ3n) is 3.49. The van der Waals surface area contributed by atoms with E-state index in [4.69, 9.17) is 0 Å². The van der Waals surface area contributed by atoms with Crippen LogP contribution in [0.5, 0.6) is 0 Å². The predicted octanol–water partition coefficient (Wildman–Crippen LogP) is 4.14. The normalized spacial score (nSPS) is 10.5. The topological polar surface area (TPSA) is 45.2 Å². The second kappa shape index (κ2) is 7.94. The average Bonchev–Trinajstić information content (AvgIpc) is 2.93. The lowest BCUT2D eigenvalue weighted by Gasteiger charge is -2.15. The molecule has 0 aliphatic heterocycles. The summed E-state index contributed by atoms with van der Waals surface area (Å²) in [5.74, 6) is -0.0150. The molecule has 5 heteroatoms. The Hall–Kier alpha value is -1.88. The average molecular weight is 317 g/mol. The molecule has 0 aliphatic carbocycles. The van der Waals surface area contributed by atoms with Crippen LogP contribution < -0.4 is 10.2 Å². The van der Waals surface area contributed by atoms with E-state index in [0.717, 1.165) is 42.3 Å². The van der Waals surface area contributed by atoms with Crippen LogP contribution in [0.15, 0.2) is 30.3 Å². The van der Waals surface area contributed by atoms with Gasteiger partial charge in [0.2, 0.25) is 0 Å². The molecule has 0 spiro atoms. The molecule has 0 bridgehead atoms. The summed E-state index contributed by atoms with van der Waals surface area (Å²) in [7, 11) is 1.97. The number of carbonyl (C=O) groups is 1. The van der Waals surface area contributed by atoms with Crippen LogP contribution in [0, 0.1) is 6.92 Å². The highest BCUT2D eigenvalue weighted by molar-refractivity contribution is 7.17. The standard InChI is InChI=1S/C17H23N3OS/c1-4-5-9-12-18-16(21)15-13(2)19-17(22-15)20(3)14-10-7-6-8-11-14/h6-8,10-11H,4-5,9,12H2,1-3H3,(H,18,21). The van der Waals surface area contributed by atoms with Crippen molar-refractivity contribution in [3.8, 4) is 0 Å². The van der Waals surface area contributed by atoms with Gasteiger partial charge in [0.25, 0.3) is 5.91 Å². The predicted molar refractivity (Wildman–Crippen MR) is 93.2 cm³/mol. The Morgan fingerprint density at radius 3 is 2.68 bits per heavy atom. The third-order valence-corrected chi connectivity index (χ3v) is 4.72. The summed E-state index contributed by atoms with van der Waals surface area (Å²) in [5, 5.41) is 3.82. The zero-order chi connectivity index (χ0) is 15.9. The number of aromatic nitrogens is 1. The summed E-state index contributed by atoms with van der Waals surface area (Å²) < 4.78 is 0. The molecular formula is C17H23N3OS. The zero-order valence-electron chi connectivity index (χ0n) is 13.4. The lowest BCUT2D eigenvalue weighted by Crippen LogP contribution is -2.24. The Bertz CT molecular complexity index is 610. The lowest BCUT2D eigenvalue weighted by atomic mass is 10.2. The van der Waals surface area contributed by atoms with Gasteiger partial charge in [-0.1, -0.05) is 49.3 Å². The number of rotatable bonds is 7. The van der Waals surface area contributed by atoms with E-state index in [9.17, 15) is 4.79 Å². The van der Waals surface area contributed by atoms with E-state index in [1.54, 1.807) is 0 Å². The molecule has 1 aromatic heterocycles. The van der Waals surface area contributed by atoms with E-state index < -0.39 is 0 Å². The molecule has 0 unspecified atom stereocenters. The van der Waals surface area contributed by atoms with Crippen LogP contribution in [-0.2, 0) is 0 Å². The van der Waals surface area contributed by atoms with Gasteiger partial charge in [0.15, 0.2) is 5.13 Å². The van der Waals surface area contributed by atoms with Crippen molar-refractivity contribution in [3.63, 3.8) is 0 Å². The monoisotopic (exact) mass is 317 g/mol. The van der Waals surface area contributed by atoms with Gasteiger partial charge in [0, 0.05) is 19.3 Å². The van der Waals surface area contributed by atoms with Gasteiger partial charge in [-0.05, 0) is 25.5 Å². The Morgan fingerprint density at radius 2 is 2.00 bits per heavy atom. The molecule has 0 saturated carbocycles. The highest BCUT2D eigenvalue weighted by Gasteiger charge is 2.17. The van der Waals surface area contributed by atoms with Crippen molar-refractivity contribution in [1.82, 2.24) is 10.3 Å². The van der Waals surface area contributed by atoms with Crippen molar-refractivity contribution in [1.29, 1.82) is 0 Å². The summed E-state index contributed by atoms with van der Waals surface area (Å²) in [4.78, 5) is 19.5. The fourth-order valence-electron chi connectivity index (χ4n) is 2.16. The highest BCUT2D eigenvalue weighted by Crippen LogP contribution is 2.30. The molecule has 1 aromatic carbocycles. The number of unbranched alkanes of at least 4 members (excludes halogenated alkanes) is 2. The van der Waals surface area contributed by atoms with Crippen LogP contribution in [0.4, 0.5) is 10.8 Å². The molecule has 0 radical (unpaired) electrons. The molecule has 2 aromatic rings. The number of thiazole rings is 1. The molecule has 1 heterocycles. The third kappa shape index (κ3) is 4.07. The van der Waals surface area contributed by atoms with Gasteiger partial charge in [0.05, 0.1) is 5.69 Å². The van der Waals surface area contributed by atoms with Gasteiger partial charge in [0.1, 0.15) is 4.88 Å². The number of hydrogen-bond donors (Lipinski definition) is 1. The van der Waals surface area contributed by atoms with E-state index in [2.05, 4.69) is 17.2 Å². The number of nitrogens with one attached hydrogen (secondary N) is 1. The van der Waals surface area contributed by atoms with Gasteiger partial charge in [-0.25, -0.2) is 4.98 Å². The minimum atomic E-state index is -0.0150. The molecule has 1 N–H and O–H groups in total. The van der Waals surface area contributed by atoms with E-state index >= 15 is 0 Å². The number of carbonyl (C=O) groups excluding carboxylic acids is 1. The van der Waals surface area contributed by atoms with E-state index in [1.807, 2.05) is 49.2 Å². The Morgan fingerprint density at radius 1 is 1.27 bits per heavy atom. The maximum absolute atomic E-state index is 12.2. The Labute approximate surface area is 136 Å². The molecule has 2 rings (SSSR count). The van der Waals surface area contributed by atoms with Gasteiger partial charge in [-0.2, -0.15) is 0 Å². The van der Waals surface area contributed by atoms with Gasteiger partial charge >= 0.3 is 0 Å². The second-order valence-electron chi connectivity index (χ2n) is 5.27. The van der Waals surface area contributed by atoms with Gasteiger partial charge in [-0.3, -0.25) is 4.79 Å². The van der Waals surface area contributed by atoms with Crippen LogP contribution in [0.25, 0.3) is 0 Å². The molecule has 22 heavy (non-hydrogen) atoms. The molecule has 1 amide bonds. The van der Waals surface area contributed by atoms with Crippen LogP contribution >= 0.6 is 11.3 Å². The molecule has 0 saturated heterocycles. The largest absolute Gasteiger partial charge is 0.351 e. The Balaban J connectivity index is 2.06. The molecular weight excluding hydrogens is 294 g/mol. The first-order chi connectivity index (χ1) is 10.6. The minimum Gasteiger partial charge on any atom is -0.351 e. The summed E-state index contributed by atoms with van der Waals surface area (Å²) >= 11 is 1.44. The SMILES string of the molecule is CCCCCNC(=O)c1sc(N(C)c2ccccc2)nc1C. The van der Waals surface area contributed by atoms with Crippen molar-refractivity contribution in [2.24, 2.45) is 0 Å². The van der Waals surface area contributed by atoms with E-state index in [-0.39, 0.29) is 5.91 Å². The Kier molecular flexibility index (Phi) is 5.95. The van der Waals surface area contributed by atoms with Crippen molar-refractivity contribution < 1.29 is 4.79 Å². The fraction of sp³-hybridized carbons (Fsp3) is 0.412. The second-order valence-corrected chi connectivity index (χ2v) is 6.25. The number of hydrogen-bond acceptors (Lipinski definition) is 4. The number of anilines is 2. The molecule has 118 valence electrons. The van der Waals surface area contributed by atoms with Crippen LogP contribution in [0.2, 0.25) is 0 Å². The first-order valence-electron chi connectivity index (χ1n) is 7.68. The first-order valence-corrected chi connectivity index (χ1v) is 8.49. The first kappa shape index (κ1) is 16.5. The smallest absolute Gasteiger partial charge is 0.263 e. The van der Waals surface area contributed by atoms with Crippen LogP contribution in [0.1, 0.15) is 41.6 Å². The van der Waals surface area contributed by atoms with Crippen LogP contribution in [-0.4, -0.2) is 24.5 Å². The molecule has 4 nitrogen and oxygen atoms in total. The fourth-order valence-corrected chi connectivity index (χ4v) is 3.12. The number of aryl methyl sites for hydroxylation is 1. The van der Waals surface area contributed by atoms with Crippen molar-refractivity contribution >= 4 is 28.1 Å². The van der Waals surface area contributed by atoms with Gasteiger partial charge in [-0.15, -0.1) is 0 Å². The summed E-state index contributed by atoms with van der Waals surface area (Å²) in [6, 6.07) is 10.0. The number of benzene rings is 1. The maximum Gasteiger partial charge on any atom is 0.263 e. The summed E-state index contributed by atoms with van der Waals surface area (Å²) in [6.07, 6.45) is 3.32. The molecule has 0 atom stereocenters. The quantitative estimate of drug-likeness (QED) is 0.781. The number of para-hydroxylation sites is 1. The lowest BCUT2D eigenvalue weighted by molar-refractivity contribution is 0.0956. The zero-order valence-corrected chi connectivity index (χ0v) is 14.2.